The first-order valence-electron chi connectivity index (χ1n) is 10.5. The van der Waals surface area contributed by atoms with Crippen molar-refractivity contribution < 1.29 is 23.7 Å². The molecule has 0 aliphatic carbocycles. The highest BCUT2D eigenvalue weighted by molar-refractivity contribution is 5.92. The van der Waals surface area contributed by atoms with Gasteiger partial charge in [0.25, 0.3) is 11.5 Å². The van der Waals surface area contributed by atoms with Crippen LogP contribution in [0.2, 0.25) is 0 Å². The number of amides is 1. The van der Waals surface area contributed by atoms with Crippen LogP contribution in [0, 0.1) is 0 Å². The van der Waals surface area contributed by atoms with Crippen molar-refractivity contribution in [3.05, 3.63) is 51.9 Å². The van der Waals surface area contributed by atoms with Crippen LogP contribution < -0.4 is 20.3 Å². The topological polar surface area (TPSA) is 104 Å². The second-order valence-corrected chi connectivity index (χ2v) is 7.26. The summed E-state index contributed by atoms with van der Waals surface area (Å²) in [5, 5.41) is 7.13. The van der Waals surface area contributed by atoms with Gasteiger partial charge in [0.1, 0.15) is 5.69 Å². The van der Waals surface area contributed by atoms with Crippen molar-refractivity contribution in [1.82, 2.24) is 20.0 Å². The molecule has 1 saturated heterocycles. The maximum atomic E-state index is 12.8. The number of methoxy groups -OCH3 is 3. The molecular formula is C22H30N4O6. The number of hydrogen-bond donors (Lipinski definition) is 1. The van der Waals surface area contributed by atoms with Gasteiger partial charge in [0.05, 0.1) is 46.6 Å². The molecule has 1 fully saturated rings. The lowest BCUT2D eigenvalue weighted by atomic mass is 10.0. The zero-order chi connectivity index (χ0) is 22.9. The van der Waals surface area contributed by atoms with E-state index in [9.17, 15) is 9.59 Å². The number of benzene rings is 1. The largest absolute Gasteiger partial charge is 0.493 e. The van der Waals surface area contributed by atoms with Crippen molar-refractivity contribution in [2.75, 3.05) is 60.8 Å². The predicted octanol–water partition coefficient (Wildman–Crippen LogP) is 0.710. The molecule has 2 aromatic rings. The van der Waals surface area contributed by atoms with E-state index in [1.165, 1.54) is 16.8 Å². The highest BCUT2D eigenvalue weighted by atomic mass is 16.5. The molecule has 1 aromatic heterocycles. The van der Waals surface area contributed by atoms with Gasteiger partial charge in [-0.05, 0) is 23.8 Å². The minimum atomic E-state index is -0.352. The smallest absolute Gasteiger partial charge is 0.271 e. The molecule has 174 valence electrons. The van der Waals surface area contributed by atoms with E-state index in [1.807, 2.05) is 18.2 Å². The molecule has 1 atom stereocenters. The Morgan fingerprint density at radius 2 is 1.88 bits per heavy atom. The molecular weight excluding hydrogens is 416 g/mol. The molecule has 0 unspecified atom stereocenters. The maximum absolute atomic E-state index is 12.8. The van der Waals surface area contributed by atoms with Gasteiger partial charge in [-0.15, -0.1) is 0 Å². The van der Waals surface area contributed by atoms with Crippen LogP contribution in [0.4, 0.5) is 0 Å². The van der Waals surface area contributed by atoms with Crippen LogP contribution >= 0.6 is 0 Å². The average Bonchev–Trinajstić information content (AvgIpc) is 2.84. The van der Waals surface area contributed by atoms with Crippen molar-refractivity contribution in [3.8, 4) is 11.5 Å². The third kappa shape index (κ3) is 5.84. The molecule has 1 amide bonds. The summed E-state index contributed by atoms with van der Waals surface area (Å²) in [5.74, 6) is 0.917. The normalized spacial score (nSPS) is 15.2. The number of carbonyl (C=O) groups excluding carboxylic acids is 1. The SMILES string of the molecule is COCCn1nc(C(=O)NC[C@H](c2ccc(OC)c(OC)c2)N2CCOCC2)ccc1=O. The molecule has 32 heavy (non-hydrogen) atoms. The van der Waals surface area contributed by atoms with Crippen LogP contribution in [0.5, 0.6) is 11.5 Å². The Morgan fingerprint density at radius 1 is 1.12 bits per heavy atom. The van der Waals surface area contributed by atoms with Crippen LogP contribution in [0.25, 0.3) is 0 Å². The number of rotatable bonds is 10. The minimum absolute atomic E-state index is 0.0953. The first-order valence-corrected chi connectivity index (χ1v) is 10.5. The van der Waals surface area contributed by atoms with Gasteiger partial charge in [0.15, 0.2) is 11.5 Å². The molecule has 1 aliphatic heterocycles. The Hall–Kier alpha value is -2.95. The van der Waals surface area contributed by atoms with Crippen molar-refractivity contribution in [1.29, 1.82) is 0 Å². The van der Waals surface area contributed by atoms with E-state index in [2.05, 4.69) is 15.3 Å². The van der Waals surface area contributed by atoms with Crippen molar-refractivity contribution >= 4 is 5.91 Å². The van der Waals surface area contributed by atoms with Gasteiger partial charge in [-0.2, -0.15) is 5.10 Å². The zero-order valence-corrected chi connectivity index (χ0v) is 18.7. The molecule has 10 nitrogen and oxygen atoms in total. The van der Waals surface area contributed by atoms with E-state index in [4.69, 9.17) is 18.9 Å². The molecule has 0 spiro atoms. The Bertz CT molecular complexity index is 958. The third-order valence-electron chi connectivity index (χ3n) is 5.34. The first kappa shape index (κ1) is 23.7. The van der Waals surface area contributed by atoms with Gasteiger partial charge in [-0.1, -0.05) is 6.07 Å². The number of nitrogens with zero attached hydrogens (tertiary/aromatic N) is 3. The standard InChI is InChI=1S/C22H30N4O6/c1-29-11-10-26-21(27)7-5-17(24-26)22(28)23-15-18(25-8-12-32-13-9-25)16-4-6-19(30-2)20(14-16)31-3/h4-7,14,18H,8-13,15H2,1-3H3,(H,23,28)/t18-/m1/s1. The maximum Gasteiger partial charge on any atom is 0.271 e. The lowest BCUT2D eigenvalue weighted by Crippen LogP contribution is -2.44. The summed E-state index contributed by atoms with van der Waals surface area (Å²) in [4.78, 5) is 27.0. The van der Waals surface area contributed by atoms with Crippen LogP contribution in [-0.4, -0.2) is 81.4 Å². The fraction of sp³-hybridized carbons (Fsp3) is 0.500. The number of aromatic nitrogens is 2. The Labute approximate surface area is 187 Å². The predicted molar refractivity (Wildman–Crippen MR) is 117 cm³/mol. The van der Waals surface area contributed by atoms with Gasteiger partial charge in [0, 0.05) is 32.8 Å². The number of morpholine rings is 1. The van der Waals surface area contributed by atoms with Gasteiger partial charge in [0.2, 0.25) is 0 Å². The zero-order valence-electron chi connectivity index (χ0n) is 18.7. The highest BCUT2D eigenvalue weighted by Gasteiger charge is 2.25. The van der Waals surface area contributed by atoms with E-state index in [1.54, 1.807) is 21.3 Å². The molecule has 0 bridgehead atoms. The lowest BCUT2D eigenvalue weighted by Gasteiger charge is -2.35. The molecule has 0 radical (unpaired) electrons. The van der Waals surface area contributed by atoms with Crippen molar-refractivity contribution in [3.63, 3.8) is 0 Å². The minimum Gasteiger partial charge on any atom is -0.493 e. The Balaban J connectivity index is 1.78. The van der Waals surface area contributed by atoms with E-state index >= 15 is 0 Å². The second kappa shape index (κ2) is 11.6. The fourth-order valence-corrected chi connectivity index (χ4v) is 3.59. The van der Waals surface area contributed by atoms with E-state index < -0.39 is 0 Å². The molecule has 1 aromatic carbocycles. The molecule has 1 N–H and O–H groups in total. The monoisotopic (exact) mass is 446 g/mol. The molecule has 3 rings (SSSR count). The van der Waals surface area contributed by atoms with Gasteiger partial charge < -0.3 is 24.3 Å². The van der Waals surface area contributed by atoms with Crippen LogP contribution in [0.15, 0.2) is 35.1 Å². The number of ether oxygens (including phenoxy) is 4. The molecule has 10 heteroatoms. The number of nitrogens with one attached hydrogen (secondary N) is 1. The summed E-state index contributed by atoms with van der Waals surface area (Å²) in [6, 6.07) is 8.43. The molecule has 1 aliphatic rings. The van der Waals surface area contributed by atoms with E-state index in [-0.39, 0.29) is 29.7 Å². The number of hydrogen-bond acceptors (Lipinski definition) is 8. The Kier molecular flexibility index (Phi) is 8.60. The van der Waals surface area contributed by atoms with Crippen LogP contribution in [-0.2, 0) is 16.0 Å². The van der Waals surface area contributed by atoms with E-state index in [0.717, 1.165) is 18.7 Å². The van der Waals surface area contributed by atoms with Crippen LogP contribution in [0.3, 0.4) is 0 Å². The van der Waals surface area contributed by atoms with Crippen LogP contribution in [0.1, 0.15) is 22.1 Å². The fourth-order valence-electron chi connectivity index (χ4n) is 3.59. The second-order valence-electron chi connectivity index (χ2n) is 7.26. The van der Waals surface area contributed by atoms with Gasteiger partial charge in [-0.3, -0.25) is 14.5 Å². The molecule has 0 saturated carbocycles. The highest BCUT2D eigenvalue weighted by Crippen LogP contribution is 2.32. The summed E-state index contributed by atoms with van der Waals surface area (Å²) >= 11 is 0. The summed E-state index contributed by atoms with van der Waals surface area (Å²) in [5.41, 5.74) is 0.881. The number of carbonyl (C=O) groups is 1. The van der Waals surface area contributed by atoms with Crippen molar-refractivity contribution in [2.24, 2.45) is 0 Å². The lowest BCUT2D eigenvalue weighted by molar-refractivity contribution is 0.0161. The molecule has 2 heterocycles. The summed E-state index contributed by atoms with van der Waals surface area (Å²) in [6.45, 7) is 3.71. The van der Waals surface area contributed by atoms with E-state index in [0.29, 0.717) is 37.9 Å². The van der Waals surface area contributed by atoms with Gasteiger partial charge in [-0.25, -0.2) is 4.68 Å². The van der Waals surface area contributed by atoms with Crippen molar-refractivity contribution in [2.45, 2.75) is 12.6 Å². The van der Waals surface area contributed by atoms with Gasteiger partial charge >= 0.3 is 0 Å². The summed E-state index contributed by atoms with van der Waals surface area (Å²) in [7, 11) is 4.73. The summed E-state index contributed by atoms with van der Waals surface area (Å²) < 4.78 is 22.5. The first-order chi connectivity index (χ1) is 15.6. The average molecular weight is 447 g/mol. The quantitative estimate of drug-likeness (QED) is 0.569. The Morgan fingerprint density at radius 3 is 2.56 bits per heavy atom. The third-order valence-corrected chi connectivity index (χ3v) is 5.34. The summed E-state index contributed by atoms with van der Waals surface area (Å²) in [6.07, 6.45) is 0.